The van der Waals surface area contributed by atoms with Crippen LogP contribution in [0.5, 0.6) is 0 Å². The van der Waals surface area contributed by atoms with E-state index in [4.69, 9.17) is 10.4 Å². The van der Waals surface area contributed by atoms with Crippen molar-refractivity contribution in [2.75, 3.05) is 0 Å². The lowest BCUT2D eigenvalue weighted by Gasteiger charge is -1.97. The standard InChI is InChI=1S/C14H10N2O2S/c1-9-8-19-13(16-9)12(7-15)6-10-2-4-11(5-3-10)14(17)18/h2-6,8H,1H3,(H,17,18)/b12-6+. The first-order valence-corrected chi connectivity index (χ1v) is 6.36. The molecule has 0 amide bonds. The number of carbonyl (C=O) groups is 1. The second kappa shape index (κ2) is 5.46. The fourth-order valence-corrected chi connectivity index (χ4v) is 2.27. The number of carboxylic acids is 1. The summed E-state index contributed by atoms with van der Waals surface area (Å²) >= 11 is 1.41. The number of rotatable bonds is 3. The molecule has 0 aliphatic carbocycles. The van der Waals surface area contributed by atoms with Gasteiger partial charge in [-0.15, -0.1) is 11.3 Å². The molecule has 19 heavy (non-hydrogen) atoms. The second-order valence-corrected chi connectivity index (χ2v) is 4.75. The van der Waals surface area contributed by atoms with Gasteiger partial charge in [-0.25, -0.2) is 9.78 Å². The Morgan fingerprint density at radius 3 is 2.58 bits per heavy atom. The van der Waals surface area contributed by atoms with Gasteiger partial charge >= 0.3 is 5.97 Å². The monoisotopic (exact) mass is 270 g/mol. The summed E-state index contributed by atoms with van der Waals surface area (Å²) in [6.45, 7) is 1.87. The van der Waals surface area contributed by atoms with Crippen LogP contribution < -0.4 is 0 Å². The molecule has 0 saturated heterocycles. The second-order valence-electron chi connectivity index (χ2n) is 3.89. The third-order valence-electron chi connectivity index (χ3n) is 2.44. The highest BCUT2D eigenvalue weighted by Gasteiger charge is 2.06. The summed E-state index contributed by atoms with van der Waals surface area (Å²) in [6, 6.07) is 8.47. The Labute approximate surface area is 114 Å². The average Bonchev–Trinajstić information content (AvgIpc) is 2.83. The van der Waals surface area contributed by atoms with Crippen LogP contribution in [-0.2, 0) is 0 Å². The molecule has 1 aromatic heterocycles. The molecule has 2 rings (SSSR count). The number of aromatic nitrogens is 1. The Hall–Kier alpha value is -2.45. The van der Waals surface area contributed by atoms with Crippen LogP contribution in [0.1, 0.15) is 26.6 Å². The van der Waals surface area contributed by atoms with Crippen molar-refractivity contribution in [3.63, 3.8) is 0 Å². The van der Waals surface area contributed by atoms with Crippen molar-refractivity contribution < 1.29 is 9.90 Å². The number of thiazole rings is 1. The molecule has 1 aromatic carbocycles. The van der Waals surface area contributed by atoms with Gasteiger partial charge < -0.3 is 5.11 Å². The fraction of sp³-hybridized carbons (Fsp3) is 0.0714. The molecule has 0 saturated carbocycles. The molecule has 1 heterocycles. The Morgan fingerprint density at radius 1 is 1.42 bits per heavy atom. The van der Waals surface area contributed by atoms with Crippen molar-refractivity contribution in [2.24, 2.45) is 0 Å². The molecule has 0 aliphatic heterocycles. The van der Waals surface area contributed by atoms with Crippen LogP contribution >= 0.6 is 11.3 Å². The molecule has 2 aromatic rings. The largest absolute Gasteiger partial charge is 0.478 e. The van der Waals surface area contributed by atoms with Crippen molar-refractivity contribution in [1.29, 1.82) is 5.26 Å². The van der Waals surface area contributed by atoms with Crippen LogP contribution in [0.15, 0.2) is 29.6 Å². The van der Waals surface area contributed by atoms with Crippen molar-refractivity contribution in [3.05, 3.63) is 51.5 Å². The van der Waals surface area contributed by atoms with E-state index >= 15 is 0 Å². The summed E-state index contributed by atoms with van der Waals surface area (Å²) in [5.74, 6) is -0.966. The van der Waals surface area contributed by atoms with Crippen LogP contribution in [0.2, 0.25) is 0 Å². The zero-order valence-electron chi connectivity index (χ0n) is 10.1. The van der Waals surface area contributed by atoms with Crippen molar-refractivity contribution in [2.45, 2.75) is 6.92 Å². The quantitative estimate of drug-likeness (QED) is 0.869. The summed E-state index contributed by atoms with van der Waals surface area (Å²) in [6.07, 6.45) is 1.70. The molecule has 0 atom stereocenters. The maximum atomic E-state index is 10.7. The maximum Gasteiger partial charge on any atom is 0.335 e. The summed E-state index contributed by atoms with van der Waals surface area (Å²) in [5, 5.41) is 20.5. The topological polar surface area (TPSA) is 74.0 Å². The first-order valence-electron chi connectivity index (χ1n) is 5.48. The van der Waals surface area contributed by atoms with E-state index in [0.29, 0.717) is 10.6 Å². The van der Waals surface area contributed by atoms with E-state index in [1.807, 2.05) is 12.3 Å². The number of carboxylic acid groups (broad SMARTS) is 1. The number of hydrogen-bond donors (Lipinski definition) is 1. The van der Waals surface area contributed by atoms with Crippen LogP contribution in [0, 0.1) is 18.3 Å². The Kier molecular flexibility index (Phi) is 3.74. The number of allylic oxidation sites excluding steroid dienone is 1. The van der Waals surface area contributed by atoms with E-state index in [-0.39, 0.29) is 5.56 Å². The van der Waals surface area contributed by atoms with Gasteiger partial charge in [0.1, 0.15) is 11.1 Å². The van der Waals surface area contributed by atoms with Gasteiger partial charge in [-0.3, -0.25) is 0 Å². The fourth-order valence-electron chi connectivity index (χ4n) is 1.51. The summed E-state index contributed by atoms with van der Waals surface area (Å²) in [4.78, 5) is 15.0. The van der Waals surface area contributed by atoms with Gasteiger partial charge in [0.15, 0.2) is 0 Å². The molecule has 0 spiro atoms. The average molecular weight is 270 g/mol. The van der Waals surface area contributed by atoms with Gasteiger partial charge in [-0.1, -0.05) is 12.1 Å². The van der Waals surface area contributed by atoms with Crippen molar-refractivity contribution >= 4 is 29.0 Å². The van der Waals surface area contributed by atoms with Gasteiger partial charge in [0, 0.05) is 11.1 Å². The number of aromatic carboxylic acids is 1. The third-order valence-corrected chi connectivity index (χ3v) is 3.43. The summed E-state index contributed by atoms with van der Waals surface area (Å²) in [5.41, 5.74) is 2.35. The summed E-state index contributed by atoms with van der Waals surface area (Å²) in [7, 11) is 0. The van der Waals surface area contributed by atoms with Crippen molar-refractivity contribution in [1.82, 2.24) is 4.98 Å². The predicted octanol–water partition coefficient (Wildman–Crippen LogP) is 3.21. The number of benzene rings is 1. The number of hydrogen-bond acceptors (Lipinski definition) is 4. The molecule has 0 radical (unpaired) electrons. The maximum absolute atomic E-state index is 10.7. The van der Waals surface area contributed by atoms with Crippen LogP contribution in [0.4, 0.5) is 0 Å². The molecule has 0 fully saturated rings. The highest BCUT2D eigenvalue weighted by molar-refractivity contribution is 7.11. The summed E-state index contributed by atoms with van der Waals surface area (Å²) < 4.78 is 0. The Balaban J connectivity index is 2.33. The number of nitriles is 1. The third kappa shape index (κ3) is 3.06. The highest BCUT2D eigenvalue weighted by atomic mass is 32.1. The minimum Gasteiger partial charge on any atom is -0.478 e. The lowest BCUT2D eigenvalue weighted by molar-refractivity contribution is 0.0697. The highest BCUT2D eigenvalue weighted by Crippen LogP contribution is 2.21. The zero-order chi connectivity index (χ0) is 13.8. The number of nitrogens with zero attached hydrogens (tertiary/aromatic N) is 2. The number of aryl methyl sites for hydroxylation is 1. The minimum absolute atomic E-state index is 0.223. The lowest BCUT2D eigenvalue weighted by Crippen LogP contribution is -1.94. The molecule has 0 unspecified atom stereocenters. The van der Waals surface area contributed by atoms with Gasteiger partial charge in [0.05, 0.1) is 11.1 Å². The molecule has 5 heteroatoms. The van der Waals surface area contributed by atoms with E-state index in [1.54, 1.807) is 18.2 Å². The molecule has 1 N–H and O–H groups in total. The van der Waals surface area contributed by atoms with Gasteiger partial charge in [-0.2, -0.15) is 5.26 Å². The molecular formula is C14H10N2O2S. The predicted molar refractivity (Wildman–Crippen MR) is 73.7 cm³/mol. The zero-order valence-corrected chi connectivity index (χ0v) is 10.9. The molecule has 0 bridgehead atoms. The van der Waals surface area contributed by atoms with Crippen molar-refractivity contribution in [3.8, 4) is 6.07 Å². The van der Waals surface area contributed by atoms with Crippen LogP contribution in [0.3, 0.4) is 0 Å². The van der Waals surface area contributed by atoms with Gasteiger partial charge in [0.2, 0.25) is 0 Å². The van der Waals surface area contributed by atoms with Crippen LogP contribution in [-0.4, -0.2) is 16.1 Å². The van der Waals surface area contributed by atoms with Gasteiger partial charge in [0.25, 0.3) is 0 Å². The first kappa shape index (κ1) is 13.0. The lowest BCUT2D eigenvalue weighted by atomic mass is 10.1. The van der Waals surface area contributed by atoms with E-state index in [9.17, 15) is 4.79 Å². The molecule has 94 valence electrons. The smallest absolute Gasteiger partial charge is 0.335 e. The Morgan fingerprint density at radius 2 is 2.11 bits per heavy atom. The molecular weight excluding hydrogens is 260 g/mol. The van der Waals surface area contributed by atoms with E-state index < -0.39 is 5.97 Å². The van der Waals surface area contributed by atoms with Crippen LogP contribution in [0.25, 0.3) is 11.6 Å². The molecule has 0 aliphatic rings. The first-order chi connectivity index (χ1) is 9.10. The molecule has 4 nitrogen and oxygen atoms in total. The minimum atomic E-state index is -0.966. The Bertz CT molecular complexity index is 678. The SMILES string of the molecule is Cc1csc(/C(C#N)=C/c2ccc(C(=O)O)cc2)n1. The van der Waals surface area contributed by atoms with E-state index in [0.717, 1.165) is 11.3 Å². The normalized spacial score (nSPS) is 11.1. The van der Waals surface area contributed by atoms with E-state index in [1.165, 1.54) is 23.5 Å². The van der Waals surface area contributed by atoms with Gasteiger partial charge in [-0.05, 0) is 30.7 Å². The van der Waals surface area contributed by atoms with E-state index in [2.05, 4.69) is 11.1 Å².